The van der Waals surface area contributed by atoms with Crippen LogP contribution >= 0.6 is 0 Å². The van der Waals surface area contributed by atoms with Gasteiger partial charge in [0.05, 0.1) is 6.61 Å². The Balaban J connectivity index is -0.0000000480. The van der Waals surface area contributed by atoms with Crippen LogP contribution in [0.3, 0.4) is 0 Å². The third-order valence-electron chi connectivity index (χ3n) is 0.129. The minimum Gasteiger partial charge on any atom is -0.395 e. The first-order valence-electron chi connectivity index (χ1n) is 2.22. The van der Waals surface area contributed by atoms with Gasteiger partial charge in [-0.25, -0.2) is 0 Å². The second kappa shape index (κ2) is 20.5. The van der Waals surface area contributed by atoms with Gasteiger partial charge in [-0.3, -0.25) is 0 Å². The number of nitrogens with two attached hydrogens (primary N) is 1. The van der Waals surface area contributed by atoms with Crippen LogP contribution in [0, 0.1) is 0 Å². The van der Waals surface area contributed by atoms with E-state index < -0.39 is 0 Å². The van der Waals surface area contributed by atoms with Gasteiger partial charge in [0.1, 0.15) is 0 Å². The standard InChI is InChI=1S/C2H7NO.C2H6.H2/c3-1-2-4;1-2;/h4H,1-3H2;1-2H3;1H. The summed E-state index contributed by atoms with van der Waals surface area (Å²) in [5.41, 5.74) is 4.78. The van der Waals surface area contributed by atoms with Crippen LogP contribution in [0.2, 0.25) is 0 Å². The maximum absolute atomic E-state index is 7.75. The number of hydrogen-bond acceptors (Lipinski definition) is 2. The van der Waals surface area contributed by atoms with Crippen molar-refractivity contribution in [2.75, 3.05) is 13.2 Å². The first-order chi connectivity index (χ1) is 2.91. The van der Waals surface area contributed by atoms with Crippen molar-refractivity contribution in [1.82, 2.24) is 0 Å². The third-order valence-corrected chi connectivity index (χ3v) is 0.129. The second-order valence-electron chi connectivity index (χ2n) is 0.512. The molecular weight excluding hydrogens is 78.0 g/mol. The fraction of sp³-hybridized carbons (Fsp3) is 1.00. The van der Waals surface area contributed by atoms with Crippen LogP contribution in [-0.4, -0.2) is 18.3 Å². The van der Waals surface area contributed by atoms with Gasteiger partial charge >= 0.3 is 0 Å². The van der Waals surface area contributed by atoms with Crippen LogP contribution in [0.4, 0.5) is 0 Å². The summed E-state index contributed by atoms with van der Waals surface area (Å²) in [6, 6.07) is 0. The molecular formula is C4H15NO. The van der Waals surface area contributed by atoms with Crippen molar-refractivity contribution in [2.24, 2.45) is 5.73 Å². The number of aliphatic hydroxyl groups is 1. The molecule has 42 valence electrons. The summed E-state index contributed by atoms with van der Waals surface area (Å²) in [7, 11) is 0. The molecule has 0 aliphatic rings. The highest BCUT2D eigenvalue weighted by Gasteiger charge is 1.56. The van der Waals surface area contributed by atoms with Gasteiger partial charge in [0, 0.05) is 7.97 Å². The lowest BCUT2D eigenvalue weighted by Gasteiger charge is -1.71. The summed E-state index contributed by atoms with van der Waals surface area (Å²) in [5, 5.41) is 7.75. The summed E-state index contributed by atoms with van der Waals surface area (Å²) in [4.78, 5) is 0. The van der Waals surface area contributed by atoms with E-state index in [2.05, 4.69) is 0 Å². The molecule has 2 heteroatoms. The van der Waals surface area contributed by atoms with Gasteiger partial charge in [0.2, 0.25) is 0 Å². The fourth-order valence-electron chi connectivity index (χ4n) is 0. The molecule has 0 amide bonds. The smallest absolute Gasteiger partial charge is 0.0553 e. The minimum atomic E-state index is 0. The van der Waals surface area contributed by atoms with Crippen LogP contribution < -0.4 is 5.73 Å². The van der Waals surface area contributed by atoms with Crippen LogP contribution in [0.25, 0.3) is 0 Å². The van der Waals surface area contributed by atoms with Crippen LogP contribution in [0.1, 0.15) is 15.3 Å². The minimum absolute atomic E-state index is 0. The molecule has 3 N–H and O–H groups in total. The van der Waals surface area contributed by atoms with Crippen LogP contribution in [-0.2, 0) is 0 Å². The highest BCUT2D eigenvalue weighted by molar-refractivity contribution is 4.17. The van der Waals surface area contributed by atoms with Gasteiger partial charge in [-0.1, -0.05) is 13.8 Å². The summed E-state index contributed by atoms with van der Waals surface area (Å²) < 4.78 is 0. The first kappa shape index (κ1) is 9.33. The van der Waals surface area contributed by atoms with Crippen molar-refractivity contribution >= 4 is 0 Å². The second-order valence-corrected chi connectivity index (χ2v) is 0.512. The van der Waals surface area contributed by atoms with Crippen molar-refractivity contribution in [3.8, 4) is 0 Å². The van der Waals surface area contributed by atoms with E-state index in [4.69, 9.17) is 10.8 Å². The molecule has 0 heterocycles. The highest BCUT2D eigenvalue weighted by Crippen LogP contribution is 1.33. The fourth-order valence-corrected chi connectivity index (χ4v) is 0. The van der Waals surface area contributed by atoms with E-state index in [0.717, 1.165) is 0 Å². The van der Waals surface area contributed by atoms with Gasteiger partial charge in [-0.05, 0) is 0 Å². The summed E-state index contributed by atoms with van der Waals surface area (Å²) in [6.07, 6.45) is 0. The van der Waals surface area contributed by atoms with Gasteiger partial charge in [-0.15, -0.1) is 0 Å². The molecule has 2 nitrogen and oxygen atoms in total. The van der Waals surface area contributed by atoms with Gasteiger partial charge in [0.25, 0.3) is 0 Å². The van der Waals surface area contributed by atoms with Crippen molar-refractivity contribution in [1.29, 1.82) is 0 Å². The molecule has 0 bridgehead atoms. The van der Waals surface area contributed by atoms with E-state index in [-0.39, 0.29) is 8.03 Å². The Kier molecular flexibility index (Phi) is 31.9. The average molecular weight is 93.2 g/mol. The quantitative estimate of drug-likeness (QED) is 0.487. The van der Waals surface area contributed by atoms with Gasteiger partial charge in [-0.2, -0.15) is 0 Å². The molecule has 0 rings (SSSR count). The van der Waals surface area contributed by atoms with Crippen LogP contribution in [0.5, 0.6) is 0 Å². The molecule has 6 heavy (non-hydrogen) atoms. The first-order valence-corrected chi connectivity index (χ1v) is 2.22. The maximum Gasteiger partial charge on any atom is 0.0553 e. The molecule has 0 spiro atoms. The van der Waals surface area contributed by atoms with E-state index >= 15 is 0 Å². The maximum atomic E-state index is 7.75. The lowest BCUT2D eigenvalue weighted by molar-refractivity contribution is 0.306. The monoisotopic (exact) mass is 93.1 g/mol. The number of rotatable bonds is 1. The van der Waals surface area contributed by atoms with E-state index in [1.165, 1.54) is 0 Å². The van der Waals surface area contributed by atoms with Crippen molar-refractivity contribution in [2.45, 2.75) is 13.8 Å². The molecule has 0 aliphatic heterocycles. The number of aliphatic hydroxyl groups excluding tert-OH is 1. The topological polar surface area (TPSA) is 46.2 Å². The largest absolute Gasteiger partial charge is 0.395 e. The van der Waals surface area contributed by atoms with E-state index in [1.54, 1.807) is 0 Å². The Morgan fingerprint density at radius 1 is 1.67 bits per heavy atom. The van der Waals surface area contributed by atoms with E-state index in [9.17, 15) is 0 Å². The molecule has 0 saturated heterocycles. The Labute approximate surface area is 40.5 Å². The molecule has 0 aromatic carbocycles. The Morgan fingerprint density at radius 3 is 1.83 bits per heavy atom. The average Bonchev–Trinajstić information content (AvgIpc) is 1.72. The lowest BCUT2D eigenvalue weighted by atomic mass is 10.8. The van der Waals surface area contributed by atoms with Crippen molar-refractivity contribution in [3.63, 3.8) is 0 Å². The summed E-state index contributed by atoms with van der Waals surface area (Å²) in [5.74, 6) is 0. The molecule has 0 atom stereocenters. The normalized spacial score (nSPS) is 6.00. The molecule has 0 fully saturated rings. The Bertz CT molecular complexity index is 13.7. The van der Waals surface area contributed by atoms with Crippen molar-refractivity contribution in [3.05, 3.63) is 0 Å². The lowest BCUT2D eigenvalue weighted by Crippen LogP contribution is -2.02. The molecule has 0 radical (unpaired) electrons. The molecule has 0 unspecified atom stereocenters. The molecule has 0 saturated carbocycles. The zero-order valence-corrected chi connectivity index (χ0v) is 4.44. The predicted octanol–water partition coefficient (Wildman–Crippen LogP) is 0.210. The molecule has 0 aromatic rings. The summed E-state index contributed by atoms with van der Waals surface area (Å²) in [6.45, 7) is 4.47. The SMILES string of the molecule is CC.NCCO.[HH]. The predicted molar refractivity (Wildman–Crippen MR) is 29.6 cm³/mol. The molecule has 0 aliphatic carbocycles. The zero-order chi connectivity index (χ0) is 5.41. The Hall–Kier alpha value is -0.0800. The van der Waals surface area contributed by atoms with E-state index in [1.807, 2.05) is 13.8 Å². The van der Waals surface area contributed by atoms with Crippen molar-refractivity contribution < 1.29 is 6.53 Å². The molecule has 0 aromatic heterocycles. The number of hydrogen-bond donors (Lipinski definition) is 2. The van der Waals surface area contributed by atoms with E-state index in [0.29, 0.717) is 6.54 Å². The van der Waals surface area contributed by atoms with Gasteiger partial charge < -0.3 is 10.8 Å². The Morgan fingerprint density at radius 2 is 1.83 bits per heavy atom. The van der Waals surface area contributed by atoms with Gasteiger partial charge in [0.15, 0.2) is 0 Å². The zero-order valence-electron chi connectivity index (χ0n) is 4.44. The van der Waals surface area contributed by atoms with Crippen LogP contribution in [0.15, 0.2) is 0 Å². The third kappa shape index (κ3) is 39.5. The summed E-state index contributed by atoms with van der Waals surface area (Å²) >= 11 is 0. The highest BCUT2D eigenvalue weighted by atomic mass is 16.3.